The van der Waals surface area contributed by atoms with E-state index in [1.165, 1.54) is 19.1 Å². The van der Waals surface area contributed by atoms with Crippen LogP contribution in [0.3, 0.4) is 0 Å². The smallest absolute Gasteiger partial charge is 0.203 e. The summed E-state index contributed by atoms with van der Waals surface area (Å²) in [5.74, 6) is 2.33. The number of hydrogen-bond donors (Lipinski definition) is 2. The van der Waals surface area contributed by atoms with Crippen molar-refractivity contribution < 1.29 is 24.1 Å². The van der Waals surface area contributed by atoms with E-state index >= 15 is 0 Å². The van der Waals surface area contributed by atoms with Crippen LogP contribution in [0.1, 0.15) is 25.0 Å². The summed E-state index contributed by atoms with van der Waals surface area (Å²) in [4.78, 5) is 0.872. The number of methoxy groups -OCH3 is 4. The molecule has 0 aliphatic rings. The minimum atomic E-state index is 0.108. The average Bonchev–Trinajstić information content (AvgIpc) is 2.87. The number of rotatable bonds is 9. The van der Waals surface area contributed by atoms with E-state index in [2.05, 4.69) is 4.72 Å². The summed E-state index contributed by atoms with van der Waals surface area (Å²) < 4.78 is 24.6. The fraction of sp³-hybridized carbons (Fsp3) is 0.231. The van der Waals surface area contributed by atoms with Crippen molar-refractivity contribution in [2.24, 2.45) is 0 Å². The van der Waals surface area contributed by atoms with Crippen molar-refractivity contribution >= 4 is 29.8 Å². The molecule has 3 rings (SSSR count). The van der Waals surface area contributed by atoms with Crippen molar-refractivity contribution in [2.45, 2.75) is 18.7 Å². The van der Waals surface area contributed by atoms with Crippen LogP contribution in [0.25, 0.3) is 12.2 Å². The lowest BCUT2D eigenvalue weighted by molar-refractivity contribution is 0.324. The van der Waals surface area contributed by atoms with Crippen molar-refractivity contribution in [1.82, 2.24) is 0 Å². The Labute approximate surface area is 200 Å². The standard InChI is InChI=1S/C24H25NO5S.C2H6/c1-27-21-11-10-19(15-20(21)26)31-25-18-7-5-6-16(12-18)8-9-17-13-22(28-2)24(30-4)23(14-17)29-3;1-2/h5-15,25-26H,1-4H3;1-2H3/b9-8-;. The molecule has 0 unspecified atom stereocenters. The van der Waals surface area contributed by atoms with Crippen LogP contribution in [0.4, 0.5) is 5.69 Å². The van der Waals surface area contributed by atoms with Gasteiger partial charge in [0, 0.05) is 10.6 Å². The second kappa shape index (κ2) is 13.2. The summed E-state index contributed by atoms with van der Waals surface area (Å²) in [5, 5.41) is 9.92. The van der Waals surface area contributed by atoms with Crippen molar-refractivity contribution in [3.63, 3.8) is 0 Å². The first-order chi connectivity index (χ1) is 16.1. The molecule has 0 heterocycles. The molecular formula is C26H31NO5S. The van der Waals surface area contributed by atoms with E-state index in [0.29, 0.717) is 23.0 Å². The monoisotopic (exact) mass is 469 g/mol. The number of anilines is 1. The zero-order chi connectivity index (χ0) is 24.2. The van der Waals surface area contributed by atoms with Gasteiger partial charge in [0.1, 0.15) is 0 Å². The number of aromatic hydroxyl groups is 1. The number of phenolic OH excluding ortho intramolecular Hbond substituents is 1. The SMILES string of the molecule is CC.COc1ccc(SNc2cccc(/C=C\c3cc(OC)c(OC)c(OC)c3)c2)cc1O. The highest BCUT2D eigenvalue weighted by molar-refractivity contribution is 8.00. The van der Waals surface area contributed by atoms with Gasteiger partial charge in [0.2, 0.25) is 5.75 Å². The molecule has 3 aromatic carbocycles. The highest BCUT2D eigenvalue weighted by atomic mass is 32.2. The van der Waals surface area contributed by atoms with E-state index in [1.807, 2.05) is 68.5 Å². The molecule has 0 aliphatic carbocycles. The molecule has 0 radical (unpaired) electrons. The van der Waals surface area contributed by atoms with Crippen molar-refractivity contribution in [3.8, 4) is 28.7 Å². The molecular weight excluding hydrogens is 438 g/mol. The molecule has 176 valence electrons. The van der Waals surface area contributed by atoms with Crippen molar-refractivity contribution in [2.75, 3.05) is 33.2 Å². The number of benzene rings is 3. The minimum absolute atomic E-state index is 0.108. The van der Waals surface area contributed by atoms with E-state index in [9.17, 15) is 5.11 Å². The summed E-state index contributed by atoms with van der Waals surface area (Å²) >= 11 is 1.41. The highest BCUT2D eigenvalue weighted by Crippen LogP contribution is 2.38. The summed E-state index contributed by atoms with van der Waals surface area (Å²) in [5.41, 5.74) is 2.89. The summed E-state index contributed by atoms with van der Waals surface area (Å²) in [6, 6.07) is 17.1. The van der Waals surface area contributed by atoms with E-state index in [1.54, 1.807) is 33.5 Å². The molecule has 0 saturated carbocycles. The van der Waals surface area contributed by atoms with E-state index in [0.717, 1.165) is 21.7 Å². The van der Waals surface area contributed by atoms with Gasteiger partial charge in [0.15, 0.2) is 23.0 Å². The van der Waals surface area contributed by atoms with Crippen LogP contribution in [0.5, 0.6) is 28.7 Å². The summed E-state index contributed by atoms with van der Waals surface area (Å²) in [6.07, 6.45) is 3.99. The zero-order valence-electron chi connectivity index (χ0n) is 19.8. The maximum absolute atomic E-state index is 9.92. The van der Waals surface area contributed by atoms with Gasteiger partial charge in [-0.25, -0.2) is 0 Å². The second-order valence-corrected chi connectivity index (χ2v) is 7.33. The van der Waals surface area contributed by atoms with Gasteiger partial charge >= 0.3 is 0 Å². The fourth-order valence-electron chi connectivity index (χ4n) is 2.95. The molecule has 0 aliphatic heterocycles. The van der Waals surface area contributed by atoms with Crippen LogP contribution in [0.2, 0.25) is 0 Å². The third-order valence-electron chi connectivity index (χ3n) is 4.48. The van der Waals surface area contributed by atoms with Gasteiger partial charge in [-0.15, -0.1) is 0 Å². The first-order valence-electron chi connectivity index (χ1n) is 10.5. The molecule has 0 aromatic heterocycles. The largest absolute Gasteiger partial charge is 0.504 e. The molecule has 0 spiro atoms. The molecule has 0 atom stereocenters. The van der Waals surface area contributed by atoms with Crippen molar-refractivity contribution in [1.29, 1.82) is 0 Å². The van der Waals surface area contributed by atoms with Crippen LogP contribution < -0.4 is 23.7 Å². The minimum Gasteiger partial charge on any atom is -0.504 e. The van der Waals surface area contributed by atoms with Crippen LogP contribution in [0, 0.1) is 0 Å². The maximum Gasteiger partial charge on any atom is 0.203 e. The Morgan fingerprint density at radius 1 is 0.727 bits per heavy atom. The Balaban J connectivity index is 0.00000187. The van der Waals surface area contributed by atoms with Crippen LogP contribution in [-0.4, -0.2) is 33.5 Å². The molecule has 3 aromatic rings. The second-order valence-electron chi connectivity index (χ2n) is 6.46. The van der Waals surface area contributed by atoms with Gasteiger partial charge in [-0.3, -0.25) is 0 Å². The highest BCUT2D eigenvalue weighted by Gasteiger charge is 2.12. The maximum atomic E-state index is 9.92. The predicted octanol–water partition coefficient (Wildman–Crippen LogP) is 6.74. The quantitative estimate of drug-likeness (QED) is 0.266. The van der Waals surface area contributed by atoms with Crippen LogP contribution >= 0.6 is 11.9 Å². The first kappa shape index (κ1) is 25.8. The topological polar surface area (TPSA) is 69.2 Å². The lowest BCUT2D eigenvalue weighted by Crippen LogP contribution is -1.95. The molecule has 0 saturated heterocycles. The number of phenols is 1. The van der Waals surface area contributed by atoms with E-state index < -0.39 is 0 Å². The predicted molar refractivity (Wildman–Crippen MR) is 137 cm³/mol. The Hall–Kier alpha value is -3.45. The fourth-order valence-corrected chi connectivity index (χ4v) is 3.62. The number of ether oxygens (including phenoxy) is 4. The van der Waals surface area contributed by atoms with Gasteiger partial charge < -0.3 is 28.8 Å². The molecule has 33 heavy (non-hydrogen) atoms. The van der Waals surface area contributed by atoms with Gasteiger partial charge in [0.05, 0.1) is 28.4 Å². The first-order valence-corrected chi connectivity index (χ1v) is 11.3. The number of hydrogen-bond acceptors (Lipinski definition) is 7. The van der Waals surface area contributed by atoms with Crippen LogP contribution in [-0.2, 0) is 0 Å². The average molecular weight is 470 g/mol. The number of nitrogens with one attached hydrogen (secondary N) is 1. The molecule has 0 bridgehead atoms. The van der Waals surface area contributed by atoms with Crippen molar-refractivity contribution in [3.05, 3.63) is 65.7 Å². The molecule has 2 N–H and O–H groups in total. The van der Waals surface area contributed by atoms with E-state index in [-0.39, 0.29) is 5.75 Å². The lowest BCUT2D eigenvalue weighted by Gasteiger charge is -2.12. The third kappa shape index (κ3) is 7.02. The van der Waals surface area contributed by atoms with E-state index in [4.69, 9.17) is 18.9 Å². The molecule has 0 amide bonds. The van der Waals surface area contributed by atoms with Gasteiger partial charge in [0.25, 0.3) is 0 Å². The molecule has 6 nitrogen and oxygen atoms in total. The normalized spacial score (nSPS) is 10.2. The summed E-state index contributed by atoms with van der Waals surface area (Å²) in [6.45, 7) is 4.00. The lowest BCUT2D eigenvalue weighted by atomic mass is 10.1. The molecule has 0 fully saturated rings. The molecule has 7 heteroatoms. The van der Waals surface area contributed by atoms with Crippen LogP contribution in [0.15, 0.2) is 59.5 Å². The third-order valence-corrected chi connectivity index (χ3v) is 5.31. The Morgan fingerprint density at radius 3 is 1.94 bits per heavy atom. The van der Waals surface area contributed by atoms with Gasteiger partial charge in [-0.1, -0.05) is 38.1 Å². The Morgan fingerprint density at radius 2 is 1.36 bits per heavy atom. The van der Waals surface area contributed by atoms with Gasteiger partial charge in [-0.2, -0.15) is 0 Å². The Bertz CT molecular complexity index is 1040. The summed E-state index contributed by atoms with van der Waals surface area (Å²) in [7, 11) is 6.30. The van der Waals surface area contributed by atoms with Gasteiger partial charge in [-0.05, 0) is 65.5 Å². The zero-order valence-corrected chi connectivity index (χ0v) is 20.7. The Kier molecular flexibility index (Phi) is 10.3.